The van der Waals surface area contributed by atoms with Crippen molar-refractivity contribution in [3.05, 3.63) is 64.7 Å². The van der Waals surface area contributed by atoms with E-state index in [1.54, 1.807) is 0 Å². The van der Waals surface area contributed by atoms with Gasteiger partial charge in [0.15, 0.2) is 0 Å². The summed E-state index contributed by atoms with van der Waals surface area (Å²) in [7, 11) is 1.92. The van der Waals surface area contributed by atoms with Crippen LogP contribution in [0.15, 0.2) is 53.3 Å². The number of benzene rings is 1. The van der Waals surface area contributed by atoms with Crippen LogP contribution in [0.5, 0.6) is 0 Å². The van der Waals surface area contributed by atoms with Gasteiger partial charge in [-0.25, -0.2) is 4.98 Å². The van der Waals surface area contributed by atoms with Crippen LogP contribution in [0.1, 0.15) is 11.4 Å². The number of hydrogen-bond donors (Lipinski definition) is 1. The second-order valence-corrected chi connectivity index (χ2v) is 5.15. The molecule has 0 aliphatic rings. The van der Waals surface area contributed by atoms with E-state index in [1.165, 1.54) is 5.56 Å². The van der Waals surface area contributed by atoms with Crippen LogP contribution in [0, 0.1) is 0 Å². The zero-order valence-corrected chi connectivity index (χ0v) is 12.2. The molecule has 2 aromatic heterocycles. The first-order valence-electron chi connectivity index (χ1n) is 6.16. The molecule has 0 bridgehead atoms. The summed E-state index contributed by atoms with van der Waals surface area (Å²) in [5.41, 5.74) is 3.43. The molecule has 3 aromatic rings. The van der Waals surface area contributed by atoms with Crippen LogP contribution >= 0.6 is 15.9 Å². The Morgan fingerprint density at radius 2 is 2.00 bits per heavy atom. The predicted octanol–water partition coefficient (Wildman–Crippen LogP) is 3.73. The quantitative estimate of drug-likeness (QED) is 0.798. The maximum atomic E-state index is 4.61. The Morgan fingerprint density at radius 3 is 2.74 bits per heavy atom. The summed E-state index contributed by atoms with van der Waals surface area (Å²) in [4.78, 5) is 4.61. The van der Waals surface area contributed by atoms with Crippen LogP contribution in [0.25, 0.3) is 5.52 Å². The van der Waals surface area contributed by atoms with E-state index in [2.05, 4.69) is 73.2 Å². The third kappa shape index (κ3) is 2.36. The standard InChI is InChI=1S/C15H14BrN3/c1-17-12-7-8-19-13(10-12)15(16)18-14(19)9-11-5-3-2-4-6-11/h2-8,10,17H,9H2,1H3. The molecule has 0 aliphatic heterocycles. The summed E-state index contributed by atoms with van der Waals surface area (Å²) in [6.45, 7) is 0. The Kier molecular flexibility index (Phi) is 3.25. The van der Waals surface area contributed by atoms with Crippen molar-refractivity contribution < 1.29 is 0 Å². The van der Waals surface area contributed by atoms with Crippen LogP contribution in [0.4, 0.5) is 5.69 Å². The first-order chi connectivity index (χ1) is 9.28. The summed E-state index contributed by atoms with van der Waals surface area (Å²) in [6, 6.07) is 14.5. The molecule has 3 rings (SSSR count). The number of pyridine rings is 1. The first-order valence-corrected chi connectivity index (χ1v) is 6.95. The van der Waals surface area contributed by atoms with Crippen molar-refractivity contribution in [2.75, 3.05) is 12.4 Å². The highest BCUT2D eigenvalue weighted by Gasteiger charge is 2.09. The van der Waals surface area contributed by atoms with Gasteiger partial charge in [-0.2, -0.15) is 0 Å². The van der Waals surface area contributed by atoms with Crippen LogP contribution < -0.4 is 5.32 Å². The van der Waals surface area contributed by atoms with Gasteiger partial charge in [0.2, 0.25) is 0 Å². The Labute approximate surface area is 120 Å². The number of halogens is 1. The predicted molar refractivity (Wildman–Crippen MR) is 81.7 cm³/mol. The normalized spacial score (nSPS) is 10.8. The minimum Gasteiger partial charge on any atom is -0.388 e. The molecule has 19 heavy (non-hydrogen) atoms. The van der Waals surface area contributed by atoms with Gasteiger partial charge >= 0.3 is 0 Å². The number of aromatic nitrogens is 2. The molecule has 1 N–H and O–H groups in total. The van der Waals surface area contributed by atoms with Gasteiger partial charge in [-0.1, -0.05) is 30.3 Å². The number of anilines is 1. The molecule has 0 fully saturated rings. The van der Waals surface area contributed by atoms with Gasteiger partial charge < -0.3 is 9.72 Å². The van der Waals surface area contributed by atoms with E-state index >= 15 is 0 Å². The van der Waals surface area contributed by atoms with Gasteiger partial charge in [0, 0.05) is 25.4 Å². The maximum absolute atomic E-state index is 4.61. The SMILES string of the molecule is CNc1ccn2c(Cc3ccccc3)nc(Br)c2c1. The third-order valence-corrected chi connectivity index (χ3v) is 3.75. The van der Waals surface area contributed by atoms with Gasteiger partial charge in [0.25, 0.3) is 0 Å². The summed E-state index contributed by atoms with van der Waals surface area (Å²) in [5.74, 6) is 1.04. The Balaban J connectivity index is 2.05. The lowest BCUT2D eigenvalue weighted by Crippen LogP contribution is -1.97. The molecule has 1 aromatic carbocycles. The van der Waals surface area contributed by atoms with E-state index < -0.39 is 0 Å². The average Bonchev–Trinajstić information content (AvgIpc) is 2.76. The number of hydrogen-bond acceptors (Lipinski definition) is 2. The van der Waals surface area contributed by atoms with E-state index in [4.69, 9.17) is 0 Å². The number of fused-ring (bicyclic) bond motifs is 1. The van der Waals surface area contributed by atoms with Crippen molar-refractivity contribution in [3.63, 3.8) is 0 Å². The van der Waals surface area contributed by atoms with Gasteiger partial charge in [-0.3, -0.25) is 0 Å². The molecule has 0 amide bonds. The van der Waals surface area contributed by atoms with Crippen molar-refractivity contribution in [2.24, 2.45) is 0 Å². The van der Waals surface area contributed by atoms with Crippen molar-refractivity contribution in [3.8, 4) is 0 Å². The van der Waals surface area contributed by atoms with Gasteiger partial charge in [-0.15, -0.1) is 0 Å². The highest BCUT2D eigenvalue weighted by atomic mass is 79.9. The second-order valence-electron chi connectivity index (χ2n) is 4.40. The molecule has 0 saturated heterocycles. The smallest absolute Gasteiger partial charge is 0.132 e. The fourth-order valence-corrected chi connectivity index (χ4v) is 2.68. The molecular weight excluding hydrogens is 302 g/mol. The molecule has 2 heterocycles. The third-order valence-electron chi connectivity index (χ3n) is 3.17. The lowest BCUT2D eigenvalue weighted by atomic mass is 10.1. The molecule has 0 aliphatic carbocycles. The lowest BCUT2D eigenvalue weighted by Gasteiger charge is -2.04. The minimum absolute atomic E-state index is 0.826. The molecule has 0 unspecified atom stereocenters. The molecule has 0 atom stereocenters. The molecular formula is C15H14BrN3. The van der Waals surface area contributed by atoms with E-state index in [9.17, 15) is 0 Å². The highest BCUT2D eigenvalue weighted by Crippen LogP contribution is 2.23. The number of nitrogens with zero attached hydrogens (tertiary/aromatic N) is 2. The summed E-state index contributed by atoms with van der Waals surface area (Å²) >= 11 is 3.53. The topological polar surface area (TPSA) is 29.3 Å². The molecule has 4 heteroatoms. The summed E-state index contributed by atoms with van der Waals surface area (Å²) in [5, 5.41) is 3.14. The summed E-state index contributed by atoms with van der Waals surface area (Å²) < 4.78 is 3.01. The number of nitrogens with one attached hydrogen (secondary N) is 1. The van der Waals surface area contributed by atoms with E-state index in [0.717, 1.165) is 28.1 Å². The minimum atomic E-state index is 0.826. The molecule has 0 saturated carbocycles. The average molecular weight is 316 g/mol. The second kappa shape index (κ2) is 5.05. The Hall–Kier alpha value is -1.81. The fourth-order valence-electron chi connectivity index (χ4n) is 2.17. The van der Waals surface area contributed by atoms with E-state index in [0.29, 0.717) is 0 Å². The molecule has 3 nitrogen and oxygen atoms in total. The maximum Gasteiger partial charge on any atom is 0.132 e. The zero-order chi connectivity index (χ0) is 13.2. The van der Waals surface area contributed by atoms with Crippen LogP contribution in [0.2, 0.25) is 0 Å². The number of imidazole rings is 1. The van der Waals surface area contributed by atoms with Gasteiger partial charge in [0.05, 0.1) is 5.52 Å². The lowest BCUT2D eigenvalue weighted by molar-refractivity contribution is 0.959. The Bertz CT molecular complexity index is 704. The molecule has 96 valence electrons. The van der Waals surface area contributed by atoms with E-state index in [1.807, 2.05) is 13.1 Å². The largest absolute Gasteiger partial charge is 0.388 e. The van der Waals surface area contributed by atoms with Gasteiger partial charge in [-0.05, 0) is 33.6 Å². The van der Waals surface area contributed by atoms with Crippen molar-refractivity contribution in [1.29, 1.82) is 0 Å². The van der Waals surface area contributed by atoms with Crippen LogP contribution in [0.3, 0.4) is 0 Å². The van der Waals surface area contributed by atoms with Gasteiger partial charge in [0.1, 0.15) is 10.4 Å². The monoisotopic (exact) mass is 315 g/mol. The number of rotatable bonds is 3. The fraction of sp³-hybridized carbons (Fsp3) is 0.133. The van der Waals surface area contributed by atoms with Crippen LogP contribution in [-0.4, -0.2) is 16.4 Å². The zero-order valence-electron chi connectivity index (χ0n) is 10.6. The highest BCUT2D eigenvalue weighted by molar-refractivity contribution is 9.10. The first kappa shape index (κ1) is 12.2. The Morgan fingerprint density at radius 1 is 1.21 bits per heavy atom. The summed E-state index contributed by atoms with van der Waals surface area (Å²) in [6.07, 6.45) is 2.88. The molecule has 0 spiro atoms. The molecule has 0 radical (unpaired) electrons. The van der Waals surface area contributed by atoms with Crippen LogP contribution in [-0.2, 0) is 6.42 Å². The van der Waals surface area contributed by atoms with Crippen molar-refractivity contribution >= 4 is 27.1 Å². The van der Waals surface area contributed by atoms with Crippen molar-refractivity contribution in [1.82, 2.24) is 9.38 Å². The van der Waals surface area contributed by atoms with E-state index in [-0.39, 0.29) is 0 Å². The van der Waals surface area contributed by atoms with Crippen molar-refractivity contribution in [2.45, 2.75) is 6.42 Å².